The van der Waals surface area contributed by atoms with Crippen molar-refractivity contribution in [2.75, 3.05) is 44.3 Å². The molecule has 0 spiro atoms. The monoisotopic (exact) mass is 470 g/mol. The molecule has 4 nitrogen and oxygen atoms in total. The maximum atomic E-state index is 14.3. The molecule has 2 aromatic rings. The van der Waals surface area contributed by atoms with E-state index in [1.165, 1.54) is 24.3 Å². The van der Waals surface area contributed by atoms with E-state index in [4.69, 9.17) is 4.74 Å². The van der Waals surface area contributed by atoms with Crippen LogP contribution in [0.1, 0.15) is 62.5 Å². The third-order valence-corrected chi connectivity index (χ3v) is 7.18. The third-order valence-electron chi connectivity index (χ3n) is 7.18. The second kappa shape index (κ2) is 11.9. The van der Waals surface area contributed by atoms with Crippen molar-refractivity contribution in [3.05, 3.63) is 65.2 Å². The second-order valence-corrected chi connectivity index (χ2v) is 9.60. The normalized spacial score (nSPS) is 19.6. The van der Waals surface area contributed by atoms with Crippen LogP contribution in [0, 0.1) is 17.6 Å². The molecule has 1 fully saturated rings. The van der Waals surface area contributed by atoms with Crippen molar-refractivity contribution in [1.29, 1.82) is 0 Å². The minimum absolute atomic E-state index is 0.0205. The highest BCUT2D eigenvalue weighted by atomic mass is 19.1. The van der Waals surface area contributed by atoms with Gasteiger partial charge in [-0.15, -0.1) is 0 Å². The number of halogens is 2. The molecule has 0 bridgehead atoms. The molecule has 6 heteroatoms. The first kappa shape index (κ1) is 24.8. The number of likely N-dealkylation sites (tertiary alicyclic amines) is 1. The van der Waals surface area contributed by atoms with Gasteiger partial charge in [-0.25, -0.2) is 8.78 Å². The number of rotatable bonds is 8. The molecule has 1 atom stereocenters. The number of carbonyl (C=O) groups is 1. The first-order valence-corrected chi connectivity index (χ1v) is 12.7. The number of benzene rings is 2. The van der Waals surface area contributed by atoms with Gasteiger partial charge in [-0.05, 0) is 86.5 Å². The SMILES string of the molecule is CCCOCCN1CCC(CC(=O)N2CCCC(c3ccc(F)cc3)c3ccc(F)cc32)CC1. The Labute approximate surface area is 201 Å². The van der Waals surface area contributed by atoms with Crippen LogP contribution in [-0.2, 0) is 9.53 Å². The van der Waals surface area contributed by atoms with Gasteiger partial charge < -0.3 is 14.5 Å². The van der Waals surface area contributed by atoms with Gasteiger partial charge in [0.15, 0.2) is 0 Å². The highest BCUT2D eigenvalue weighted by Crippen LogP contribution is 2.39. The number of carbonyl (C=O) groups excluding carboxylic acids is 1. The van der Waals surface area contributed by atoms with Gasteiger partial charge in [-0.3, -0.25) is 4.79 Å². The van der Waals surface area contributed by atoms with E-state index in [1.54, 1.807) is 23.1 Å². The summed E-state index contributed by atoms with van der Waals surface area (Å²) in [5.74, 6) is -0.153. The average Bonchev–Trinajstić information content (AvgIpc) is 3.03. The van der Waals surface area contributed by atoms with Crippen LogP contribution >= 0.6 is 0 Å². The topological polar surface area (TPSA) is 32.8 Å². The summed E-state index contributed by atoms with van der Waals surface area (Å²) in [5, 5.41) is 0. The summed E-state index contributed by atoms with van der Waals surface area (Å²) in [5.41, 5.74) is 2.61. The number of hydrogen-bond donors (Lipinski definition) is 0. The minimum atomic E-state index is -0.338. The van der Waals surface area contributed by atoms with Crippen LogP contribution in [0.25, 0.3) is 0 Å². The van der Waals surface area contributed by atoms with Crippen LogP contribution in [0.5, 0.6) is 0 Å². The Morgan fingerprint density at radius 2 is 1.71 bits per heavy atom. The summed E-state index contributed by atoms with van der Waals surface area (Å²) < 4.78 is 33.4. The second-order valence-electron chi connectivity index (χ2n) is 9.60. The van der Waals surface area contributed by atoms with Crippen molar-refractivity contribution in [2.24, 2.45) is 5.92 Å². The van der Waals surface area contributed by atoms with E-state index in [1.807, 2.05) is 0 Å². The number of hydrogen-bond acceptors (Lipinski definition) is 3. The number of ether oxygens (including phenoxy) is 1. The number of amides is 1. The highest BCUT2D eigenvalue weighted by Gasteiger charge is 2.30. The number of piperidine rings is 1. The van der Waals surface area contributed by atoms with Crippen LogP contribution in [-0.4, -0.2) is 50.2 Å². The Morgan fingerprint density at radius 3 is 2.44 bits per heavy atom. The fourth-order valence-electron chi connectivity index (χ4n) is 5.29. The number of nitrogens with zero attached hydrogens (tertiary/aromatic N) is 2. The fraction of sp³-hybridized carbons (Fsp3) is 0.536. The Morgan fingerprint density at radius 1 is 0.971 bits per heavy atom. The molecule has 0 radical (unpaired) electrons. The Kier molecular flexibility index (Phi) is 8.68. The highest BCUT2D eigenvalue weighted by molar-refractivity contribution is 5.94. The van der Waals surface area contributed by atoms with Crippen molar-refractivity contribution in [2.45, 2.75) is 51.4 Å². The molecule has 0 N–H and O–H groups in total. The predicted molar refractivity (Wildman–Crippen MR) is 131 cm³/mol. The third kappa shape index (κ3) is 6.22. The minimum Gasteiger partial charge on any atom is -0.380 e. The molecule has 1 unspecified atom stereocenters. The van der Waals surface area contributed by atoms with E-state index in [-0.39, 0.29) is 23.5 Å². The molecular formula is C28H36F2N2O2. The molecule has 2 aliphatic heterocycles. The lowest BCUT2D eigenvalue weighted by Gasteiger charge is -2.33. The standard InChI is InChI=1S/C28H36F2N2O2/c1-2-17-34-18-16-31-14-11-21(12-15-31)19-28(33)32-13-3-4-25(22-5-7-23(29)8-6-22)26-10-9-24(30)20-27(26)32/h5-10,20-21,25H,2-4,11-19H2,1H3. The lowest BCUT2D eigenvalue weighted by atomic mass is 9.87. The zero-order chi connectivity index (χ0) is 23.9. The van der Waals surface area contributed by atoms with Crippen LogP contribution < -0.4 is 4.90 Å². The summed E-state index contributed by atoms with van der Waals surface area (Å²) in [6.45, 7) is 7.21. The zero-order valence-corrected chi connectivity index (χ0v) is 20.1. The molecule has 0 aliphatic carbocycles. The zero-order valence-electron chi connectivity index (χ0n) is 20.1. The number of anilines is 1. The molecule has 0 saturated carbocycles. The molecule has 4 rings (SSSR count). The van der Waals surface area contributed by atoms with E-state index in [0.29, 0.717) is 24.6 Å². The van der Waals surface area contributed by atoms with Crippen molar-refractivity contribution in [3.63, 3.8) is 0 Å². The Balaban J connectivity index is 1.42. The van der Waals surface area contributed by atoms with Gasteiger partial charge in [0.25, 0.3) is 0 Å². The van der Waals surface area contributed by atoms with Gasteiger partial charge in [0.1, 0.15) is 11.6 Å². The maximum Gasteiger partial charge on any atom is 0.227 e. The van der Waals surface area contributed by atoms with Gasteiger partial charge in [0.2, 0.25) is 5.91 Å². The van der Waals surface area contributed by atoms with Gasteiger partial charge in [-0.1, -0.05) is 25.1 Å². The van der Waals surface area contributed by atoms with E-state index in [0.717, 1.165) is 76.1 Å². The van der Waals surface area contributed by atoms with Crippen LogP contribution in [0.3, 0.4) is 0 Å². The molecule has 184 valence electrons. The van der Waals surface area contributed by atoms with Crippen LogP contribution in [0.4, 0.5) is 14.5 Å². The summed E-state index contributed by atoms with van der Waals surface area (Å²) in [4.78, 5) is 17.6. The summed E-state index contributed by atoms with van der Waals surface area (Å²) in [6, 6.07) is 11.3. The number of fused-ring (bicyclic) bond motifs is 1. The predicted octanol–water partition coefficient (Wildman–Crippen LogP) is 5.75. The largest absolute Gasteiger partial charge is 0.380 e. The molecule has 2 aromatic carbocycles. The molecule has 2 aliphatic rings. The molecule has 2 heterocycles. The molecule has 34 heavy (non-hydrogen) atoms. The lowest BCUT2D eigenvalue weighted by Crippen LogP contribution is -2.39. The first-order chi connectivity index (χ1) is 16.5. The molecular weight excluding hydrogens is 434 g/mol. The summed E-state index contributed by atoms with van der Waals surface area (Å²) >= 11 is 0. The van der Waals surface area contributed by atoms with E-state index in [9.17, 15) is 13.6 Å². The Bertz CT molecular complexity index is 942. The fourth-order valence-corrected chi connectivity index (χ4v) is 5.29. The molecule has 0 aromatic heterocycles. The smallest absolute Gasteiger partial charge is 0.227 e. The molecule has 1 amide bonds. The van der Waals surface area contributed by atoms with Gasteiger partial charge in [0.05, 0.1) is 12.3 Å². The van der Waals surface area contributed by atoms with Gasteiger partial charge in [-0.2, -0.15) is 0 Å². The van der Waals surface area contributed by atoms with Gasteiger partial charge >= 0.3 is 0 Å². The van der Waals surface area contributed by atoms with E-state index in [2.05, 4.69) is 11.8 Å². The van der Waals surface area contributed by atoms with Crippen molar-refractivity contribution in [3.8, 4) is 0 Å². The average molecular weight is 471 g/mol. The quantitative estimate of drug-likeness (QED) is 0.461. The van der Waals surface area contributed by atoms with Crippen LogP contribution in [0.2, 0.25) is 0 Å². The first-order valence-electron chi connectivity index (χ1n) is 12.7. The van der Waals surface area contributed by atoms with E-state index >= 15 is 0 Å². The van der Waals surface area contributed by atoms with Crippen molar-refractivity contribution >= 4 is 11.6 Å². The van der Waals surface area contributed by atoms with Crippen LogP contribution in [0.15, 0.2) is 42.5 Å². The molecule has 1 saturated heterocycles. The maximum absolute atomic E-state index is 14.3. The Hall–Kier alpha value is -2.31. The lowest BCUT2D eigenvalue weighted by molar-refractivity contribution is -0.119. The summed E-state index contributed by atoms with van der Waals surface area (Å²) in [7, 11) is 0. The van der Waals surface area contributed by atoms with Crippen molar-refractivity contribution in [1.82, 2.24) is 4.90 Å². The summed E-state index contributed by atoms with van der Waals surface area (Å²) in [6.07, 6.45) is 5.20. The van der Waals surface area contributed by atoms with Crippen molar-refractivity contribution < 1.29 is 18.3 Å². The van der Waals surface area contributed by atoms with E-state index < -0.39 is 0 Å². The van der Waals surface area contributed by atoms with Gasteiger partial charge in [0, 0.05) is 32.0 Å².